The van der Waals surface area contributed by atoms with Gasteiger partial charge in [0.1, 0.15) is 12.7 Å². The Bertz CT molecular complexity index is 1870. The number of methoxy groups -OCH3 is 2. The minimum atomic E-state index is -1.55. The maximum absolute atomic E-state index is 13.9. The molecule has 0 amide bonds. The Morgan fingerprint density at radius 2 is 1.23 bits per heavy atom. The number of cyclic esters (lactones) is 1. The van der Waals surface area contributed by atoms with Crippen LogP contribution >= 0.6 is 0 Å². The first-order valence-electron chi connectivity index (χ1n) is 20.6. The van der Waals surface area contributed by atoms with E-state index in [1.165, 1.54) is 14.2 Å². The molecule has 0 unspecified atom stereocenters. The number of aromatic hydroxyl groups is 1. The molecular formula is C43H54O17. The summed E-state index contributed by atoms with van der Waals surface area (Å²) < 4.78 is 65.4. The van der Waals surface area contributed by atoms with E-state index in [2.05, 4.69) is 0 Å². The highest BCUT2D eigenvalue weighted by atomic mass is 16.7. The summed E-state index contributed by atoms with van der Waals surface area (Å²) in [5.41, 5.74) is 1.68. The summed E-state index contributed by atoms with van der Waals surface area (Å²) in [5.74, 6) is -4.52. The summed E-state index contributed by atoms with van der Waals surface area (Å²) in [6.45, 7) is 6.59. The van der Waals surface area contributed by atoms with Gasteiger partial charge in [-0.15, -0.1) is 0 Å². The normalized spacial score (nSPS) is 26.2. The molecule has 1 aliphatic carbocycles. The van der Waals surface area contributed by atoms with Crippen molar-refractivity contribution in [1.29, 1.82) is 0 Å². The van der Waals surface area contributed by atoms with E-state index in [1.54, 1.807) is 45.0 Å². The summed E-state index contributed by atoms with van der Waals surface area (Å²) in [5, 5.41) is 10.8. The van der Waals surface area contributed by atoms with Crippen LogP contribution in [0.4, 0.5) is 0 Å². The number of hydrogen-bond acceptors (Lipinski definition) is 17. The van der Waals surface area contributed by atoms with Gasteiger partial charge in [-0.1, -0.05) is 27.7 Å². The predicted octanol–water partition coefficient (Wildman–Crippen LogP) is 5.33. The molecule has 328 valence electrons. The van der Waals surface area contributed by atoms with E-state index >= 15 is 0 Å². The van der Waals surface area contributed by atoms with Crippen molar-refractivity contribution in [1.82, 2.24) is 0 Å². The first-order valence-corrected chi connectivity index (χ1v) is 20.6. The molecule has 0 spiro atoms. The van der Waals surface area contributed by atoms with E-state index in [9.17, 15) is 29.1 Å². The van der Waals surface area contributed by atoms with Crippen LogP contribution < -0.4 is 18.9 Å². The SMILES string of the molecule is CCCC(=O)OC[C@H]1O[C@H](O[C@@H]2c3cc4c(cc3[C@@H](c3cc(OC)c(O)c(OC)c3)[C@H]3C(=O)OC[C@@H]32)OCO4)[C@@H](OC(=O)CCC)[C@@H](OC(=O)CCC)[C@@H]1OC(=O)CCC. The highest BCUT2D eigenvalue weighted by Crippen LogP contribution is 2.57. The highest BCUT2D eigenvalue weighted by Gasteiger charge is 2.58. The Morgan fingerprint density at radius 3 is 1.80 bits per heavy atom. The second-order valence-corrected chi connectivity index (χ2v) is 15.1. The summed E-state index contributed by atoms with van der Waals surface area (Å²) in [7, 11) is 2.80. The number of carbonyl (C=O) groups is 5. The first kappa shape index (κ1) is 44.3. The Hall–Kier alpha value is -5.29. The van der Waals surface area contributed by atoms with Crippen molar-refractivity contribution in [2.75, 3.05) is 34.2 Å². The van der Waals surface area contributed by atoms with E-state index in [1.807, 2.05) is 6.92 Å². The summed E-state index contributed by atoms with van der Waals surface area (Å²) in [6, 6.07) is 6.73. The number of ether oxygens (including phenoxy) is 11. The molecule has 3 aliphatic heterocycles. The molecule has 0 aromatic heterocycles. The third kappa shape index (κ3) is 9.36. The van der Waals surface area contributed by atoms with Gasteiger partial charge in [-0.05, 0) is 66.6 Å². The van der Waals surface area contributed by atoms with Gasteiger partial charge in [-0.2, -0.15) is 0 Å². The third-order valence-corrected chi connectivity index (χ3v) is 10.9. The van der Waals surface area contributed by atoms with Crippen LogP contribution in [0.15, 0.2) is 24.3 Å². The molecule has 0 bridgehead atoms. The lowest BCUT2D eigenvalue weighted by atomic mass is 9.66. The van der Waals surface area contributed by atoms with Gasteiger partial charge in [0, 0.05) is 37.5 Å². The second kappa shape index (κ2) is 19.8. The molecule has 60 heavy (non-hydrogen) atoms. The van der Waals surface area contributed by atoms with Gasteiger partial charge in [0.25, 0.3) is 0 Å². The molecule has 17 heteroatoms. The summed E-state index contributed by atoms with van der Waals surface area (Å²) in [6.07, 6.45) is -6.33. The molecule has 17 nitrogen and oxygen atoms in total. The molecule has 2 aromatic carbocycles. The fourth-order valence-electron chi connectivity index (χ4n) is 8.14. The van der Waals surface area contributed by atoms with Crippen LogP contribution in [-0.4, -0.2) is 99.9 Å². The van der Waals surface area contributed by atoms with Gasteiger partial charge in [0.05, 0.1) is 32.8 Å². The van der Waals surface area contributed by atoms with E-state index < -0.39 is 91.0 Å². The fourth-order valence-corrected chi connectivity index (χ4v) is 8.14. The molecule has 2 aromatic rings. The van der Waals surface area contributed by atoms with E-state index in [0.29, 0.717) is 53.9 Å². The number of phenols is 1. The lowest BCUT2D eigenvalue weighted by molar-refractivity contribution is -0.323. The standard InChI is InChI=1S/C43H54O17/c1-7-11-31(44)52-20-30-39(57-32(45)12-8-2)40(58-33(46)13-9-3)41(59-34(47)14-10-4)43(56-30)60-38-24-18-27-26(54-21-55-27)17-23(24)35(36-25(38)19-53-42(36)49)22-15-28(50-5)37(48)29(16-22)51-6/h15-18,25,30,35-36,38-41,43,48H,7-14,19-21H2,1-6H3/t25-,30+,35+,36-,38+,39+,40-,41-,43+/m0/s1. The highest BCUT2D eigenvalue weighted by molar-refractivity contribution is 5.79. The number of carbonyl (C=O) groups excluding carboxylic acids is 5. The van der Waals surface area contributed by atoms with Crippen LogP contribution in [0.1, 0.15) is 108 Å². The average molecular weight is 843 g/mol. The predicted molar refractivity (Wildman–Crippen MR) is 206 cm³/mol. The number of benzene rings is 2. The van der Waals surface area contributed by atoms with Crippen LogP contribution in [0.3, 0.4) is 0 Å². The number of esters is 5. The minimum Gasteiger partial charge on any atom is -0.502 e. The molecule has 2 fully saturated rings. The largest absolute Gasteiger partial charge is 0.502 e. The van der Waals surface area contributed by atoms with Crippen molar-refractivity contribution >= 4 is 29.8 Å². The molecule has 9 atom stereocenters. The Labute approximate surface area is 348 Å². The molecule has 1 N–H and O–H groups in total. The van der Waals surface area contributed by atoms with Crippen molar-refractivity contribution < 1.29 is 81.2 Å². The molecule has 0 saturated carbocycles. The summed E-state index contributed by atoms with van der Waals surface area (Å²) >= 11 is 0. The number of rotatable bonds is 18. The topological polar surface area (TPSA) is 207 Å². The van der Waals surface area contributed by atoms with E-state index in [0.717, 1.165) is 0 Å². The van der Waals surface area contributed by atoms with Gasteiger partial charge >= 0.3 is 29.8 Å². The maximum Gasteiger partial charge on any atom is 0.310 e. The van der Waals surface area contributed by atoms with E-state index in [4.69, 9.17) is 52.1 Å². The Balaban J connectivity index is 1.49. The molecule has 6 rings (SSSR count). The van der Waals surface area contributed by atoms with Crippen LogP contribution in [0.5, 0.6) is 28.7 Å². The van der Waals surface area contributed by atoms with Crippen molar-refractivity contribution in [3.8, 4) is 28.7 Å². The van der Waals surface area contributed by atoms with Gasteiger partial charge < -0.3 is 57.2 Å². The Kier molecular flexibility index (Phi) is 14.6. The van der Waals surface area contributed by atoms with Crippen molar-refractivity contribution in [2.45, 2.75) is 122 Å². The zero-order valence-corrected chi connectivity index (χ0v) is 34.8. The lowest BCUT2D eigenvalue weighted by Crippen LogP contribution is -2.63. The summed E-state index contributed by atoms with van der Waals surface area (Å²) in [4.78, 5) is 66.5. The zero-order chi connectivity index (χ0) is 43.1. The molecule has 4 aliphatic rings. The third-order valence-electron chi connectivity index (χ3n) is 10.9. The number of fused-ring (bicyclic) bond motifs is 3. The number of hydrogen-bond donors (Lipinski definition) is 1. The average Bonchev–Trinajstić information content (AvgIpc) is 3.85. The maximum atomic E-state index is 13.9. The van der Waals surface area contributed by atoms with Gasteiger partial charge in [-0.3, -0.25) is 24.0 Å². The van der Waals surface area contributed by atoms with Gasteiger partial charge in [-0.25, -0.2) is 0 Å². The van der Waals surface area contributed by atoms with Crippen LogP contribution in [0.2, 0.25) is 0 Å². The van der Waals surface area contributed by atoms with Crippen LogP contribution in [-0.2, 0) is 57.1 Å². The minimum absolute atomic E-state index is 0.00904. The van der Waals surface area contributed by atoms with Crippen LogP contribution in [0.25, 0.3) is 0 Å². The molecular weight excluding hydrogens is 788 g/mol. The smallest absolute Gasteiger partial charge is 0.310 e. The van der Waals surface area contributed by atoms with E-state index in [-0.39, 0.29) is 56.3 Å². The van der Waals surface area contributed by atoms with Gasteiger partial charge in [0.2, 0.25) is 12.5 Å². The van der Waals surface area contributed by atoms with Crippen molar-refractivity contribution in [2.24, 2.45) is 11.8 Å². The Morgan fingerprint density at radius 1 is 0.700 bits per heavy atom. The fraction of sp³-hybridized carbons (Fsp3) is 0.605. The first-order chi connectivity index (χ1) is 29.0. The second-order valence-electron chi connectivity index (χ2n) is 15.1. The molecule has 2 saturated heterocycles. The quantitative estimate of drug-likeness (QED) is 0.149. The monoisotopic (exact) mass is 842 g/mol. The van der Waals surface area contributed by atoms with Gasteiger partial charge in [0.15, 0.2) is 47.6 Å². The van der Waals surface area contributed by atoms with Crippen LogP contribution in [0, 0.1) is 11.8 Å². The molecule has 3 heterocycles. The lowest BCUT2D eigenvalue weighted by Gasteiger charge is -2.47. The number of phenolic OH excluding ortho intramolecular Hbond substituents is 1. The molecule has 0 radical (unpaired) electrons. The zero-order valence-electron chi connectivity index (χ0n) is 34.8. The van der Waals surface area contributed by atoms with Crippen molar-refractivity contribution in [3.05, 3.63) is 41.0 Å². The van der Waals surface area contributed by atoms with Crippen molar-refractivity contribution in [3.63, 3.8) is 0 Å².